The molecule has 3 aromatic rings. The molecule has 0 fully saturated rings. The molecule has 0 radical (unpaired) electrons. The molecule has 1 N–H and O–H groups in total. The number of pyridine rings is 1. The molecule has 0 amide bonds. The summed E-state index contributed by atoms with van der Waals surface area (Å²) in [7, 11) is -3.52. The van der Waals surface area contributed by atoms with Gasteiger partial charge in [0.1, 0.15) is 11.5 Å². The van der Waals surface area contributed by atoms with E-state index in [1.54, 1.807) is 36.7 Å². The highest BCUT2D eigenvalue weighted by molar-refractivity contribution is 7.88. The predicted molar refractivity (Wildman–Crippen MR) is 87.8 cm³/mol. The summed E-state index contributed by atoms with van der Waals surface area (Å²) in [6, 6.07) is 12.5. The number of hydrogen-bond acceptors (Lipinski definition) is 4. The van der Waals surface area contributed by atoms with Gasteiger partial charge in [-0.05, 0) is 41.5 Å². The van der Waals surface area contributed by atoms with Gasteiger partial charge in [0.15, 0.2) is 5.76 Å². The molecule has 0 atom stereocenters. The fraction of sp³-hybridized carbons (Fsp3) is 0.118. The Hall–Kier alpha value is -2.51. The van der Waals surface area contributed by atoms with Gasteiger partial charge in [0.2, 0.25) is 10.0 Å². The molecule has 0 spiro atoms. The fourth-order valence-electron chi connectivity index (χ4n) is 2.14. The Morgan fingerprint density at radius 1 is 1.04 bits per heavy atom. The SMILES string of the molecule is O=S(=O)(Cc1ccc(F)cc1)NCc1ccc(-c2ccco2)nc1. The summed E-state index contributed by atoms with van der Waals surface area (Å²) in [6.07, 6.45) is 3.16. The van der Waals surface area contributed by atoms with Gasteiger partial charge in [-0.25, -0.2) is 17.5 Å². The van der Waals surface area contributed by atoms with Gasteiger partial charge in [0, 0.05) is 12.7 Å². The minimum Gasteiger partial charge on any atom is -0.463 e. The third-order valence-corrected chi connectivity index (χ3v) is 4.66. The number of hydrogen-bond donors (Lipinski definition) is 1. The first kappa shape index (κ1) is 16.4. The second-order valence-electron chi connectivity index (χ2n) is 5.24. The van der Waals surface area contributed by atoms with Crippen molar-refractivity contribution < 1.29 is 17.2 Å². The lowest BCUT2D eigenvalue weighted by atomic mass is 10.2. The van der Waals surface area contributed by atoms with Gasteiger partial charge in [-0.2, -0.15) is 0 Å². The van der Waals surface area contributed by atoms with Crippen molar-refractivity contribution in [2.45, 2.75) is 12.3 Å². The molecule has 0 aliphatic heterocycles. The molecular formula is C17H15FN2O3S. The highest BCUT2D eigenvalue weighted by Crippen LogP contribution is 2.17. The van der Waals surface area contributed by atoms with Gasteiger partial charge in [-0.15, -0.1) is 0 Å². The van der Waals surface area contributed by atoms with Crippen LogP contribution in [-0.4, -0.2) is 13.4 Å². The van der Waals surface area contributed by atoms with Gasteiger partial charge in [-0.3, -0.25) is 4.98 Å². The highest BCUT2D eigenvalue weighted by atomic mass is 32.2. The van der Waals surface area contributed by atoms with E-state index < -0.39 is 15.8 Å². The Morgan fingerprint density at radius 2 is 1.79 bits per heavy atom. The minimum atomic E-state index is -3.52. The van der Waals surface area contributed by atoms with Gasteiger partial charge in [-0.1, -0.05) is 18.2 Å². The summed E-state index contributed by atoms with van der Waals surface area (Å²) in [5.41, 5.74) is 1.93. The number of benzene rings is 1. The molecule has 5 nitrogen and oxygen atoms in total. The third kappa shape index (κ3) is 4.27. The van der Waals surface area contributed by atoms with E-state index in [1.807, 2.05) is 0 Å². The maximum Gasteiger partial charge on any atom is 0.216 e. The fourth-order valence-corrected chi connectivity index (χ4v) is 3.26. The number of nitrogens with one attached hydrogen (secondary N) is 1. The lowest BCUT2D eigenvalue weighted by Gasteiger charge is -2.07. The van der Waals surface area contributed by atoms with Crippen LogP contribution in [0.4, 0.5) is 4.39 Å². The van der Waals surface area contributed by atoms with Gasteiger partial charge in [0.05, 0.1) is 12.0 Å². The van der Waals surface area contributed by atoms with Crippen molar-refractivity contribution in [3.8, 4) is 11.5 Å². The second-order valence-corrected chi connectivity index (χ2v) is 7.04. The van der Waals surface area contributed by atoms with Crippen molar-refractivity contribution in [1.82, 2.24) is 9.71 Å². The lowest BCUT2D eigenvalue weighted by Crippen LogP contribution is -2.24. The van der Waals surface area contributed by atoms with Crippen molar-refractivity contribution in [2.24, 2.45) is 0 Å². The topological polar surface area (TPSA) is 72.2 Å². The zero-order valence-corrected chi connectivity index (χ0v) is 13.5. The van der Waals surface area contributed by atoms with Crippen LogP contribution in [0, 0.1) is 5.82 Å². The Labute approximate surface area is 139 Å². The maximum absolute atomic E-state index is 12.8. The predicted octanol–water partition coefficient (Wildman–Crippen LogP) is 3.10. The number of halogens is 1. The average molecular weight is 346 g/mol. The van der Waals surface area contributed by atoms with E-state index in [1.165, 1.54) is 24.3 Å². The van der Waals surface area contributed by atoms with E-state index in [9.17, 15) is 12.8 Å². The summed E-state index contributed by atoms with van der Waals surface area (Å²) in [4.78, 5) is 4.25. The van der Waals surface area contributed by atoms with Crippen LogP contribution in [0.2, 0.25) is 0 Å². The first-order valence-electron chi connectivity index (χ1n) is 7.22. The summed E-state index contributed by atoms with van der Waals surface area (Å²) < 4.78 is 44.7. The monoisotopic (exact) mass is 346 g/mol. The molecule has 24 heavy (non-hydrogen) atoms. The largest absolute Gasteiger partial charge is 0.463 e. The van der Waals surface area contributed by atoms with Crippen LogP contribution in [0.5, 0.6) is 0 Å². The summed E-state index contributed by atoms with van der Waals surface area (Å²) in [6.45, 7) is 0.134. The van der Waals surface area contributed by atoms with E-state index in [-0.39, 0.29) is 12.3 Å². The minimum absolute atomic E-state index is 0.134. The van der Waals surface area contributed by atoms with Crippen LogP contribution in [0.1, 0.15) is 11.1 Å². The van der Waals surface area contributed by atoms with Gasteiger partial charge < -0.3 is 4.42 Å². The van der Waals surface area contributed by atoms with Crippen LogP contribution in [-0.2, 0) is 22.3 Å². The van der Waals surface area contributed by atoms with Crippen LogP contribution >= 0.6 is 0 Å². The highest BCUT2D eigenvalue weighted by Gasteiger charge is 2.12. The Bertz CT molecular complexity index is 890. The number of sulfonamides is 1. The van der Waals surface area contributed by atoms with Crippen molar-refractivity contribution in [2.75, 3.05) is 0 Å². The molecule has 0 aliphatic carbocycles. The van der Waals surface area contributed by atoms with Crippen LogP contribution < -0.4 is 4.72 Å². The van der Waals surface area contributed by atoms with Gasteiger partial charge >= 0.3 is 0 Å². The van der Waals surface area contributed by atoms with E-state index in [2.05, 4.69) is 9.71 Å². The first-order chi connectivity index (χ1) is 11.5. The van der Waals surface area contributed by atoms with Crippen molar-refractivity contribution in [3.63, 3.8) is 0 Å². The molecule has 124 valence electrons. The summed E-state index contributed by atoms with van der Waals surface area (Å²) in [5.74, 6) is 0.0517. The molecule has 0 unspecified atom stereocenters. The average Bonchev–Trinajstić information content (AvgIpc) is 3.10. The van der Waals surface area contributed by atoms with E-state index in [0.717, 1.165) is 5.56 Å². The molecule has 0 saturated carbocycles. The molecule has 7 heteroatoms. The van der Waals surface area contributed by atoms with Crippen molar-refractivity contribution >= 4 is 10.0 Å². The summed E-state index contributed by atoms with van der Waals surface area (Å²) in [5, 5.41) is 0. The first-order valence-corrected chi connectivity index (χ1v) is 8.88. The molecule has 1 aromatic carbocycles. The Morgan fingerprint density at radius 3 is 2.42 bits per heavy atom. The normalized spacial score (nSPS) is 11.5. The summed E-state index contributed by atoms with van der Waals surface area (Å²) >= 11 is 0. The van der Waals surface area contributed by atoms with Crippen LogP contribution in [0.15, 0.2) is 65.4 Å². The smallest absolute Gasteiger partial charge is 0.216 e. The number of furan rings is 1. The van der Waals surface area contributed by atoms with E-state index in [4.69, 9.17) is 4.42 Å². The number of rotatable bonds is 6. The van der Waals surface area contributed by atoms with Gasteiger partial charge in [0.25, 0.3) is 0 Å². The zero-order valence-electron chi connectivity index (χ0n) is 12.6. The molecule has 0 saturated heterocycles. The third-order valence-electron chi connectivity index (χ3n) is 3.36. The van der Waals surface area contributed by atoms with E-state index >= 15 is 0 Å². The number of nitrogens with zero attached hydrogens (tertiary/aromatic N) is 1. The molecule has 0 aliphatic rings. The number of aromatic nitrogens is 1. The molecule has 2 heterocycles. The molecule has 0 bridgehead atoms. The lowest BCUT2D eigenvalue weighted by molar-refractivity contribution is 0.578. The molecule has 2 aromatic heterocycles. The molecular weight excluding hydrogens is 331 g/mol. The van der Waals surface area contributed by atoms with E-state index in [0.29, 0.717) is 17.0 Å². The standard InChI is InChI=1S/C17H15FN2O3S/c18-15-6-3-13(4-7-15)12-24(21,22)20-11-14-5-8-16(19-10-14)17-2-1-9-23-17/h1-10,20H,11-12H2. The van der Waals surface area contributed by atoms with Crippen LogP contribution in [0.25, 0.3) is 11.5 Å². The Kier molecular flexibility index (Phi) is 4.73. The molecule has 3 rings (SSSR count). The Balaban J connectivity index is 1.61. The van der Waals surface area contributed by atoms with Crippen molar-refractivity contribution in [3.05, 3.63) is 77.9 Å². The zero-order chi connectivity index (χ0) is 17.0. The maximum atomic E-state index is 12.8. The van der Waals surface area contributed by atoms with Crippen molar-refractivity contribution in [1.29, 1.82) is 0 Å². The second kappa shape index (κ2) is 6.94. The van der Waals surface area contributed by atoms with Crippen LogP contribution in [0.3, 0.4) is 0 Å². The quantitative estimate of drug-likeness (QED) is 0.744.